The summed E-state index contributed by atoms with van der Waals surface area (Å²) in [5.41, 5.74) is -3.79. The third-order valence-corrected chi connectivity index (χ3v) is 15.1. The van der Waals surface area contributed by atoms with E-state index in [9.17, 15) is 28.4 Å². The van der Waals surface area contributed by atoms with E-state index in [1.54, 1.807) is 6.08 Å². The van der Waals surface area contributed by atoms with Gasteiger partial charge >= 0.3 is 0 Å². The fourth-order valence-electron chi connectivity index (χ4n) is 10.6. The van der Waals surface area contributed by atoms with Crippen LogP contribution in [-0.4, -0.2) is 43.0 Å². The lowest BCUT2D eigenvalue weighted by atomic mass is 9.33. The second kappa shape index (κ2) is 9.34. The lowest BCUT2D eigenvalue weighted by molar-refractivity contribution is -0.243. The van der Waals surface area contributed by atoms with Crippen LogP contribution >= 0.6 is 0 Å². The molecule has 42 heavy (non-hydrogen) atoms. The molecule has 8 atom stereocenters. The zero-order chi connectivity index (χ0) is 31.4. The van der Waals surface area contributed by atoms with Crippen molar-refractivity contribution in [3.63, 3.8) is 0 Å². The number of carbonyl (C=O) groups excluding carboxylic acids is 2. The van der Waals surface area contributed by atoms with Gasteiger partial charge in [-0.05, 0) is 85.2 Å². The van der Waals surface area contributed by atoms with Crippen LogP contribution in [0.15, 0.2) is 23.3 Å². The first-order valence-corrected chi connectivity index (χ1v) is 17.5. The van der Waals surface area contributed by atoms with Gasteiger partial charge in [0, 0.05) is 28.7 Å². The lowest BCUT2D eigenvalue weighted by Crippen LogP contribution is -2.74. The summed E-state index contributed by atoms with van der Waals surface area (Å²) in [7, 11) is -3.38. The number of rotatable bonds is 5. The molecule has 8 heteroatoms. The van der Waals surface area contributed by atoms with Crippen molar-refractivity contribution in [3.8, 4) is 6.07 Å². The predicted molar refractivity (Wildman–Crippen MR) is 162 cm³/mol. The van der Waals surface area contributed by atoms with Crippen molar-refractivity contribution in [3.05, 3.63) is 23.3 Å². The molecule has 0 aromatic rings. The number of hydrogen-bond acceptors (Lipinski definition) is 6. The average molecular weight is 599 g/mol. The van der Waals surface area contributed by atoms with Crippen molar-refractivity contribution in [2.24, 2.45) is 44.3 Å². The number of nitrogens with one attached hydrogen (secondary N) is 1. The molecular weight excluding hydrogens is 548 g/mol. The van der Waals surface area contributed by atoms with E-state index in [4.69, 9.17) is 0 Å². The van der Waals surface area contributed by atoms with Crippen molar-refractivity contribution in [2.45, 2.75) is 112 Å². The van der Waals surface area contributed by atoms with Gasteiger partial charge in [-0.3, -0.25) is 9.59 Å². The van der Waals surface area contributed by atoms with Crippen LogP contribution in [0.1, 0.15) is 107 Å². The van der Waals surface area contributed by atoms with Gasteiger partial charge in [-0.25, -0.2) is 13.1 Å². The normalized spacial score (nSPS) is 46.3. The first kappa shape index (κ1) is 31.6. The van der Waals surface area contributed by atoms with Gasteiger partial charge in [-0.2, -0.15) is 5.26 Å². The highest BCUT2D eigenvalue weighted by Crippen LogP contribution is 2.75. The Morgan fingerprint density at radius 3 is 2.26 bits per heavy atom. The monoisotopic (exact) mass is 598 g/mol. The van der Waals surface area contributed by atoms with E-state index in [0.717, 1.165) is 37.7 Å². The first-order chi connectivity index (χ1) is 19.2. The number of nitrogens with zero attached hydrogens (tertiary/aromatic N) is 1. The Hall–Kier alpha value is -1.82. The number of fused-ring (bicyclic) bond motifs is 7. The predicted octanol–water partition coefficient (Wildman–Crippen LogP) is 5.65. The van der Waals surface area contributed by atoms with E-state index in [0.29, 0.717) is 25.8 Å². The summed E-state index contributed by atoms with van der Waals surface area (Å²) < 4.78 is 27.9. The van der Waals surface area contributed by atoms with Crippen LogP contribution in [0.25, 0.3) is 0 Å². The molecule has 0 unspecified atom stereocenters. The molecule has 0 heterocycles. The maximum atomic E-state index is 14.6. The minimum Gasteiger partial charge on any atom is -0.381 e. The van der Waals surface area contributed by atoms with Crippen molar-refractivity contribution in [2.75, 3.05) is 12.3 Å². The Kier molecular flexibility index (Phi) is 7.03. The molecule has 0 aliphatic heterocycles. The van der Waals surface area contributed by atoms with Crippen molar-refractivity contribution in [1.82, 2.24) is 4.72 Å². The van der Waals surface area contributed by atoms with Crippen LogP contribution in [0.5, 0.6) is 0 Å². The molecule has 2 N–H and O–H groups in total. The van der Waals surface area contributed by atoms with Crippen molar-refractivity contribution in [1.29, 1.82) is 5.26 Å². The fourth-order valence-corrected chi connectivity index (χ4v) is 11.9. The topological polar surface area (TPSA) is 124 Å². The molecule has 5 aliphatic rings. The Bertz CT molecular complexity index is 1440. The third-order valence-electron chi connectivity index (χ3n) is 13.5. The smallest absolute Gasteiger partial charge is 0.211 e. The molecule has 0 aromatic heterocycles. The summed E-state index contributed by atoms with van der Waals surface area (Å²) in [5, 5.41) is 22.9. The maximum absolute atomic E-state index is 14.6. The van der Waals surface area contributed by atoms with Gasteiger partial charge in [0.1, 0.15) is 11.7 Å². The molecule has 0 spiro atoms. The average Bonchev–Trinajstić information content (AvgIpc) is 2.90. The number of nitriles is 1. The van der Waals surface area contributed by atoms with Crippen molar-refractivity contribution >= 4 is 21.6 Å². The molecule has 7 nitrogen and oxygen atoms in total. The largest absolute Gasteiger partial charge is 0.381 e. The first-order valence-electron chi connectivity index (χ1n) is 15.8. The highest BCUT2D eigenvalue weighted by atomic mass is 32.2. The molecule has 0 bridgehead atoms. The van der Waals surface area contributed by atoms with Gasteiger partial charge < -0.3 is 5.11 Å². The molecule has 5 aliphatic carbocycles. The van der Waals surface area contributed by atoms with Gasteiger partial charge in [0.25, 0.3) is 0 Å². The van der Waals surface area contributed by atoms with E-state index in [-0.39, 0.29) is 45.6 Å². The van der Waals surface area contributed by atoms with Crippen LogP contribution in [0.4, 0.5) is 0 Å². The minimum atomic E-state index is -3.38. The number of carbonyl (C=O) groups is 2. The summed E-state index contributed by atoms with van der Waals surface area (Å²) in [6, 6.07) is 2.14. The highest BCUT2D eigenvalue weighted by Gasteiger charge is 2.75. The Morgan fingerprint density at radius 1 is 1.00 bits per heavy atom. The fraction of sp³-hybridized carbons (Fsp3) is 0.794. The molecule has 5 rings (SSSR count). The summed E-state index contributed by atoms with van der Waals surface area (Å²) in [6.07, 6.45) is 9.38. The van der Waals surface area contributed by atoms with Gasteiger partial charge in [-0.15, -0.1) is 0 Å². The molecule has 232 valence electrons. The molecule has 0 amide bonds. The number of ketones is 2. The zero-order valence-electron chi connectivity index (χ0n) is 26.8. The summed E-state index contributed by atoms with van der Waals surface area (Å²) in [4.78, 5) is 27.8. The molecular formula is C34H50N2O5S. The summed E-state index contributed by atoms with van der Waals surface area (Å²) >= 11 is 0. The molecule has 0 aromatic carbocycles. The van der Waals surface area contributed by atoms with Crippen LogP contribution in [0.2, 0.25) is 0 Å². The number of hydrogen-bond donors (Lipinski definition) is 2. The number of allylic oxidation sites excluding steroid dienone is 3. The van der Waals surface area contributed by atoms with E-state index in [1.807, 2.05) is 26.8 Å². The van der Waals surface area contributed by atoms with E-state index < -0.39 is 37.3 Å². The Balaban J connectivity index is 1.61. The minimum absolute atomic E-state index is 0.0560. The standard InChI is InChI=1S/C34H50N2O5S/c1-9-16-42(40,41)36-21-29(4)12-13-30(5)14-15-33(8)32(7)11-10-23-28(2,3)27(38)22(20-35)18-31(23,6)24(32)17-26(37)34(33,39)25(30)19-29/h17-18,23,25,36,39H,9-16,19,21H2,1-8H3/t23-,25+,29-,30+,31-,32+,33-,34+/m0/s1. The molecule has 0 radical (unpaired) electrons. The SMILES string of the molecule is CCCS(=O)(=O)NC[C@@]1(C)CC[C@]2(C)CC[C@@]3(C)[C@]4(C)CC[C@H]5C(C)(C)C(=O)C(C#N)=C[C@]5(C)C4=CC(=O)[C@]3(O)[C@@H]2C1. The number of aliphatic hydroxyl groups is 1. The van der Waals surface area contributed by atoms with Crippen LogP contribution in [0, 0.1) is 55.7 Å². The maximum Gasteiger partial charge on any atom is 0.211 e. The summed E-state index contributed by atoms with van der Waals surface area (Å²) in [5.74, 6) is -0.695. The van der Waals surface area contributed by atoms with E-state index in [2.05, 4.69) is 45.4 Å². The second-order valence-electron chi connectivity index (χ2n) is 16.3. The quantitative estimate of drug-likeness (QED) is 0.421. The zero-order valence-corrected chi connectivity index (χ0v) is 27.6. The van der Waals surface area contributed by atoms with Crippen LogP contribution in [0.3, 0.4) is 0 Å². The number of Topliss-reactive ketones (excluding diaryl/α,β-unsaturated/α-hetero) is 1. The summed E-state index contributed by atoms with van der Waals surface area (Å²) in [6.45, 7) is 16.7. The van der Waals surface area contributed by atoms with Crippen LogP contribution < -0.4 is 4.72 Å². The number of sulfonamides is 1. The molecule has 3 fully saturated rings. The molecule has 0 saturated heterocycles. The Morgan fingerprint density at radius 2 is 1.64 bits per heavy atom. The van der Waals surface area contributed by atoms with E-state index >= 15 is 0 Å². The Labute approximate surface area is 252 Å². The lowest BCUT2D eigenvalue weighted by Gasteiger charge is -2.71. The van der Waals surface area contributed by atoms with Gasteiger partial charge in [0.15, 0.2) is 11.6 Å². The van der Waals surface area contributed by atoms with Crippen LogP contribution in [-0.2, 0) is 19.6 Å². The third kappa shape index (κ3) is 3.98. The van der Waals surface area contributed by atoms with Crippen molar-refractivity contribution < 1.29 is 23.1 Å². The van der Waals surface area contributed by atoms with Gasteiger partial charge in [0.2, 0.25) is 10.0 Å². The molecule has 3 saturated carbocycles. The second-order valence-corrected chi connectivity index (χ2v) is 18.2. The van der Waals surface area contributed by atoms with E-state index in [1.165, 1.54) is 0 Å². The van der Waals surface area contributed by atoms with Gasteiger partial charge in [0.05, 0.1) is 11.3 Å². The van der Waals surface area contributed by atoms with Gasteiger partial charge in [-0.1, -0.05) is 61.5 Å². The highest BCUT2D eigenvalue weighted by molar-refractivity contribution is 7.89.